The van der Waals surface area contributed by atoms with E-state index >= 15 is 0 Å². The molecule has 0 spiro atoms. The molecule has 0 aliphatic carbocycles. The topological polar surface area (TPSA) is 26.0 Å². The van der Waals surface area contributed by atoms with Gasteiger partial charge in [-0.05, 0) is 44.5 Å². The van der Waals surface area contributed by atoms with Crippen LogP contribution in [0.3, 0.4) is 0 Å². The molecule has 0 radical (unpaired) electrons. The summed E-state index contributed by atoms with van der Waals surface area (Å²) >= 11 is 3.60. The number of hydrogen-bond acceptors (Lipinski definition) is 3. The SMILES string of the molecule is Cc1ccc(C(N)c2cc(C)c(C)s2)s1. The molecule has 2 heterocycles. The summed E-state index contributed by atoms with van der Waals surface area (Å²) in [5, 5.41) is 0. The monoisotopic (exact) mass is 237 g/mol. The maximum Gasteiger partial charge on any atom is 0.0740 e. The molecule has 0 bridgehead atoms. The third-order valence-corrected chi connectivity index (χ3v) is 4.88. The van der Waals surface area contributed by atoms with Crippen molar-refractivity contribution in [3.05, 3.63) is 43.3 Å². The maximum absolute atomic E-state index is 6.23. The highest BCUT2D eigenvalue weighted by atomic mass is 32.1. The van der Waals surface area contributed by atoms with Gasteiger partial charge in [-0.25, -0.2) is 0 Å². The fraction of sp³-hybridized carbons (Fsp3) is 0.333. The van der Waals surface area contributed by atoms with Crippen LogP contribution in [-0.2, 0) is 0 Å². The van der Waals surface area contributed by atoms with Gasteiger partial charge in [0.15, 0.2) is 0 Å². The highest BCUT2D eigenvalue weighted by Gasteiger charge is 2.13. The van der Waals surface area contributed by atoms with Crippen LogP contribution in [0.2, 0.25) is 0 Å². The molecule has 2 N–H and O–H groups in total. The Bertz CT molecular complexity index is 448. The Hall–Kier alpha value is -0.640. The Balaban J connectivity index is 2.31. The van der Waals surface area contributed by atoms with Crippen LogP contribution < -0.4 is 5.73 Å². The first-order valence-corrected chi connectivity index (χ1v) is 6.60. The van der Waals surface area contributed by atoms with Crippen LogP contribution in [0.1, 0.15) is 31.1 Å². The van der Waals surface area contributed by atoms with Gasteiger partial charge >= 0.3 is 0 Å². The van der Waals surface area contributed by atoms with Gasteiger partial charge in [0.2, 0.25) is 0 Å². The Labute approximate surface area is 98.6 Å². The van der Waals surface area contributed by atoms with Crippen molar-refractivity contribution in [3.63, 3.8) is 0 Å². The molecule has 0 fully saturated rings. The second-order valence-electron chi connectivity index (χ2n) is 3.81. The van der Waals surface area contributed by atoms with Crippen molar-refractivity contribution in [2.24, 2.45) is 5.73 Å². The first kappa shape index (κ1) is 10.9. The van der Waals surface area contributed by atoms with E-state index in [4.69, 9.17) is 5.73 Å². The largest absolute Gasteiger partial charge is 0.319 e. The molecule has 0 aliphatic heterocycles. The van der Waals surface area contributed by atoms with Crippen LogP contribution in [-0.4, -0.2) is 0 Å². The predicted octanol–water partition coefficient (Wildman–Crippen LogP) is 3.78. The predicted molar refractivity (Wildman–Crippen MR) is 68.9 cm³/mol. The van der Waals surface area contributed by atoms with E-state index in [9.17, 15) is 0 Å². The van der Waals surface area contributed by atoms with E-state index in [0.717, 1.165) is 0 Å². The normalized spacial score (nSPS) is 13.1. The molecule has 1 unspecified atom stereocenters. The first-order chi connectivity index (χ1) is 7.08. The zero-order chi connectivity index (χ0) is 11.0. The van der Waals surface area contributed by atoms with Gasteiger partial charge in [-0.1, -0.05) is 0 Å². The van der Waals surface area contributed by atoms with E-state index in [0.29, 0.717) is 0 Å². The molecule has 2 rings (SSSR count). The van der Waals surface area contributed by atoms with Crippen molar-refractivity contribution in [1.29, 1.82) is 0 Å². The molecule has 1 nitrogen and oxygen atoms in total. The van der Waals surface area contributed by atoms with Crippen molar-refractivity contribution in [3.8, 4) is 0 Å². The average Bonchev–Trinajstić information content (AvgIpc) is 2.74. The van der Waals surface area contributed by atoms with Gasteiger partial charge in [0.25, 0.3) is 0 Å². The minimum atomic E-state index is 0.0566. The maximum atomic E-state index is 6.23. The lowest BCUT2D eigenvalue weighted by Gasteiger charge is -2.05. The standard InChI is InChI=1S/C12H15NS2/c1-7-6-11(15-9(7)3)12(13)10-5-4-8(2)14-10/h4-6,12H,13H2,1-3H3. The highest BCUT2D eigenvalue weighted by Crippen LogP contribution is 2.32. The Morgan fingerprint density at radius 1 is 1.07 bits per heavy atom. The van der Waals surface area contributed by atoms with Crippen molar-refractivity contribution in [1.82, 2.24) is 0 Å². The van der Waals surface area contributed by atoms with Gasteiger partial charge < -0.3 is 5.73 Å². The summed E-state index contributed by atoms with van der Waals surface area (Å²) in [6.45, 7) is 6.41. The van der Waals surface area contributed by atoms with E-state index in [1.54, 1.807) is 11.3 Å². The lowest BCUT2D eigenvalue weighted by Crippen LogP contribution is -2.07. The molecule has 15 heavy (non-hydrogen) atoms. The second-order valence-corrected chi connectivity index (χ2v) is 6.42. The molecule has 0 saturated heterocycles. The summed E-state index contributed by atoms with van der Waals surface area (Å²) < 4.78 is 0. The smallest absolute Gasteiger partial charge is 0.0740 e. The van der Waals surface area contributed by atoms with Crippen molar-refractivity contribution >= 4 is 22.7 Å². The summed E-state index contributed by atoms with van der Waals surface area (Å²) in [7, 11) is 0. The lowest BCUT2D eigenvalue weighted by atomic mass is 10.2. The third kappa shape index (κ3) is 2.14. The molecule has 0 aliphatic rings. The zero-order valence-corrected chi connectivity index (χ0v) is 10.8. The van der Waals surface area contributed by atoms with Gasteiger partial charge in [-0.15, -0.1) is 22.7 Å². The molecule has 80 valence electrons. The molecule has 1 atom stereocenters. The van der Waals surface area contributed by atoms with Crippen molar-refractivity contribution in [2.75, 3.05) is 0 Å². The minimum Gasteiger partial charge on any atom is -0.319 e. The van der Waals surface area contributed by atoms with Gasteiger partial charge in [0.05, 0.1) is 6.04 Å². The Kier molecular flexibility index (Phi) is 2.96. The molecular formula is C12H15NS2. The molecule has 0 aromatic carbocycles. The summed E-state index contributed by atoms with van der Waals surface area (Å²) in [5.41, 5.74) is 7.58. The van der Waals surface area contributed by atoms with Crippen LogP contribution in [0.25, 0.3) is 0 Å². The number of hydrogen-bond donors (Lipinski definition) is 1. The second kappa shape index (κ2) is 4.08. The Morgan fingerprint density at radius 3 is 2.27 bits per heavy atom. The van der Waals surface area contributed by atoms with E-state index in [2.05, 4.69) is 39.0 Å². The molecular weight excluding hydrogens is 222 g/mol. The number of rotatable bonds is 2. The van der Waals surface area contributed by atoms with Gasteiger partial charge in [-0.3, -0.25) is 0 Å². The number of thiophene rings is 2. The summed E-state index contributed by atoms with van der Waals surface area (Å²) in [6.07, 6.45) is 0. The molecule has 3 heteroatoms. The molecule has 2 aromatic heterocycles. The summed E-state index contributed by atoms with van der Waals surface area (Å²) in [6, 6.07) is 6.53. The third-order valence-electron chi connectivity index (χ3n) is 2.56. The van der Waals surface area contributed by atoms with Crippen LogP contribution in [0, 0.1) is 20.8 Å². The highest BCUT2D eigenvalue weighted by molar-refractivity contribution is 7.13. The minimum absolute atomic E-state index is 0.0566. The van der Waals surface area contributed by atoms with Gasteiger partial charge in [0, 0.05) is 19.5 Å². The lowest BCUT2D eigenvalue weighted by molar-refractivity contribution is 0.916. The number of aryl methyl sites for hydroxylation is 3. The molecule has 2 aromatic rings. The first-order valence-electron chi connectivity index (χ1n) is 4.97. The van der Waals surface area contributed by atoms with Crippen LogP contribution >= 0.6 is 22.7 Å². The van der Waals surface area contributed by atoms with Crippen molar-refractivity contribution in [2.45, 2.75) is 26.8 Å². The zero-order valence-electron chi connectivity index (χ0n) is 9.20. The molecule has 0 amide bonds. The van der Waals surface area contributed by atoms with Crippen LogP contribution in [0.15, 0.2) is 18.2 Å². The quantitative estimate of drug-likeness (QED) is 0.845. The van der Waals surface area contributed by atoms with E-state index in [1.807, 2.05) is 11.3 Å². The van der Waals surface area contributed by atoms with Gasteiger partial charge in [0.1, 0.15) is 0 Å². The van der Waals surface area contributed by atoms with Crippen LogP contribution in [0.4, 0.5) is 0 Å². The molecule has 0 saturated carbocycles. The summed E-state index contributed by atoms with van der Waals surface area (Å²) in [4.78, 5) is 5.22. The van der Waals surface area contributed by atoms with Crippen molar-refractivity contribution < 1.29 is 0 Å². The fourth-order valence-electron chi connectivity index (χ4n) is 1.52. The Morgan fingerprint density at radius 2 is 1.80 bits per heavy atom. The summed E-state index contributed by atoms with van der Waals surface area (Å²) in [5.74, 6) is 0. The van der Waals surface area contributed by atoms with Crippen LogP contribution in [0.5, 0.6) is 0 Å². The van der Waals surface area contributed by atoms with E-state index < -0.39 is 0 Å². The van der Waals surface area contributed by atoms with Gasteiger partial charge in [-0.2, -0.15) is 0 Å². The average molecular weight is 237 g/mol. The number of nitrogens with two attached hydrogens (primary N) is 1. The van der Waals surface area contributed by atoms with E-state index in [-0.39, 0.29) is 6.04 Å². The fourth-order valence-corrected chi connectivity index (χ4v) is 3.55. The van der Waals surface area contributed by atoms with E-state index in [1.165, 1.54) is 25.1 Å².